The molecule has 1 unspecified atom stereocenters. The minimum Gasteiger partial charge on any atom is -0.489 e. The zero-order chi connectivity index (χ0) is 28.2. The van der Waals surface area contributed by atoms with E-state index in [1.165, 1.54) is 12.1 Å². The highest BCUT2D eigenvalue weighted by Crippen LogP contribution is 2.38. The van der Waals surface area contributed by atoms with Crippen LogP contribution in [0.1, 0.15) is 30.3 Å². The average molecular weight is 565 g/mol. The summed E-state index contributed by atoms with van der Waals surface area (Å²) in [4.78, 5) is 20.8. The number of benzene rings is 2. The molecule has 2 aromatic carbocycles. The summed E-state index contributed by atoms with van der Waals surface area (Å²) in [7, 11) is -2.20. The molecular formula is C28H28N4O7S. The highest BCUT2D eigenvalue weighted by atomic mass is 32.2. The van der Waals surface area contributed by atoms with Gasteiger partial charge in [0.05, 0.1) is 16.7 Å². The van der Waals surface area contributed by atoms with Gasteiger partial charge in [0.1, 0.15) is 18.1 Å². The largest absolute Gasteiger partial charge is 0.489 e. The summed E-state index contributed by atoms with van der Waals surface area (Å²) in [6.45, 7) is 1.02. The molecule has 5 rings (SSSR count). The molecule has 208 valence electrons. The van der Waals surface area contributed by atoms with Gasteiger partial charge >= 0.3 is 0 Å². The maximum absolute atomic E-state index is 11.9. The van der Waals surface area contributed by atoms with E-state index in [4.69, 9.17) is 23.8 Å². The van der Waals surface area contributed by atoms with Gasteiger partial charge in [0.15, 0.2) is 5.76 Å². The molecule has 1 aliphatic rings. The van der Waals surface area contributed by atoms with Gasteiger partial charge < -0.3 is 18.6 Å². The molecule has 0 saturated carbocycles. The van der Waals surface area contributed by atoms with Crippen molar-refractivity contribution in [3.63, 3.8) is 0 Å². The molecule has 1 fully saturated rings. The van der Waals surface area contributed by atoms with E-state index in [-0.39, 0.29) is 17.4 Å². The van der Waals surface area contributed by atoms with Gasteiger partial charge in [0.2, 0.25) is 22.0 Å². The van der Waals surface area contributed by atoms with Gasteiger partial charge in [-0.1, -0.05) is 35.5 Å². The van der Waals surface area contributed by atoms with Crippen molar-refractivity contribution < 1.29 is 27.0 Å². The first-order chi connectivity index (χ1) is 19.3. The Hall–Kier alpha value is -3.97. The van der Waals surface area contributed by atoms with Crippen molar-refractivity contribution in [2.24, 2.45) is 10.3 Å². The number of ether oxygens (including phenoxy) is 3. The third-order valence-electron chi connectivity index (χ3n) is 6.89. The van der Waals surface area contributed by atoms with E-state index in [0.717, 1.165) is 11.1 Å². The van der Waals surface area contributed by atoms with Crippen molar-refractivity contribution in [2.45, 2.75) is 29.4 Å². The summed E-state index contributed by atoms with van der Waals surface area (Å²) in [6, 6.07) is 15.9. The first-order valence-corrected chi connectivity index (χ1v) is 14.1. The Bertz CT molecular complexity index is 1570. The summed E-state index contributed by atoms with van der Waals surface area (Å²) in [5.74, 6) is 0.852. The lowest BCUT2D eigenvalue weighted by atomic mass is 9.87. The van der Waals surface area contributed by atoms with Gasteiger partial charge in [0.25, 0.3) is 0 Å². The fourth-order valence-corrected chi connectivity index (χ4v) is 5.16. The van der Waals surface area contributed by atoms with Crippen molar-refractivity contribution in [3.8, 4) is 28.3 Å². The van der Waals surface area contributed by atoms with Crippen LogP contribution in [0.4, 0.5) is 0 Å². The number of rotatable bonds is 10. The summed E-state index contributed by atoms with van der Waals surface area (Å²) >= 11 is 0. The molecule has 4 aromatic rings. The molecule has 0 radical (unpaired) electrons. The number of hydrogen-bond donors (Lipinski definition) is 1. The van der Waals surface area contributed by atoms with Crippen LogP contribution in [-0.2, 0) is 25.1 Å². The van der Waals surface area contributed by atoms with Crippen LogP contribution in [0.15, 0.2) is 87.5 Å². The number of pyridine rings is 1. The molecule has 2 aromatic heterocycles. The predicted octanol–water partition coefficient (Wildman–Crippen LogP) is 4.59. The second-order valence-corrected chi connectivity index (χ2v) is 10.9. The number of methoxy groups -OCH3 is 1. The van der Waals surface area contributed by atoms with Crippen LogP contribution in [0.25, 0.3) is 22.6 Å². The van der Waals surface area contributed by atoms with Gasteiger partial charge in [-0.05, 0) is 30.3 Å². The van der Waals surface area contributed by atoms with Crippen molar-refractivity contribution in [2.75, 3.05) is 26.9 Å². The van der Waals surface area contributed by atoms with Crippen LogP contribution < -0.4 is 9.88 Å². The lowest BCUT2D eigenvalue weighted by molar-refractivity contribution is -0.0950. The molecule has 0 bridgehead atoms. The molecule has 0 amide bonds. The first-order valence-electron chi connectivity index (χ1n) is 12.6. The van der Waals surface area contributed by atoms with Gasteiger partial charge in [-0.2, -0.15) is 0 Å². The number of nitrogens with two attached hydrogens (primary N) is 1. The summed E-state index contributed by atoms with van der Waals surface area (Å²) in [5.41, 5.74) is 2.10. The van der Waals surface area contributed by atoms with Gasteiger partial charge in [-0.3, -0.25) is 4.98 Å². The Morgan fingerprint density at radius 3 is 2.42 bits per heavy atom. The molecule has 11 nitrogen and oxygen atoms in total. The fourth-order valence-electron chi connectivity index (χ4n) is 4.64. The SMILES string of the molecule is COC1(c2cncc(OCC(N=O)c3nc(-c4ccccc4)c(-c4ccc(S(N)(=O)=O)cc4)o3)c2)CCOCC1. The average Bonchev–Trinajstić information content (AvgIpc) is 3.43. The summed E-state index contributed by atoms with van der Waals surface area (Å²) in [5, 5.41) is 8.45. The Morgan fingerprint density at radius 2 is 1.77 bits per heavy atom. The quantitative estimate of drug-likeness (QED) is 0.272. The number of oxazole rings is 1. The van der Waals surface area contributed by atoms with E-state index in [2.05, 4.69) is 15.1 Å². The molecular weight excluding hydrogens is 536 g/mol. The van der Waals surface area contributed by atoms with Crippen molar-refractivity contribution >= 4 is 10.0 Å². The van der Waals surface area contributed by atoms with Crippen LogP contribution in [0.2, 0.25) is 0 Å². The Labute approximate surface area is 231 Å². The van der Waals surface area contributed by atoms with Crippen molar-refractivity contribution in [3.05, 3.63) is 89.4 Å². The smallest absolute Gasteiger partial charge is 0.238 e. The normalized spacial score (nSPS) is 15.8. The summed E-state index contributed by atoms with van der Waals surface area (Å²) < 4.78 is 46.7. The van der Waals surface area contributed by atoms with Gasteiger partial charge in [0, 0.05) is 56.1 Å². The second-order valence-electron chi connectivity index (χ2n) is 9.32. The van der Waals surface area contributed by atoms with E-state index in [0.29, 0.717) is 48.8 Å². The van der Waals surface area contributed by atoms with Crippen LogP contribution in [0.5, 0.6) is 5.75 Å². The maximum atomic E-state index is 11.9. The van der Waals surface area contributed by atoms with E-state index in [9.17, 15) is 13.3 Å². The zero-order valence-electron chi connectivity index (χ0n) is 21.7. The topological polar surface area (TPSA) is 156 Å². The molecule has 0 spiro atoms. The van der Waals surface area contributed by atoms with Gasteiger partial charge in [-0.25, -0.2) is 18.5 Å². The molecule has 1 saturated heterocycles. The minimum absolute atomic E-state index is 0.0371. The fraction of sp³-hybridized carbons (Fsp3) is 0.286. The lowest BCUT2D eigenvalue weighted by Crippen LogP contribution is -2.35. The second kappa shape index (κ2) is 11.6. The third kappa shape index (κ3) is 5.80. The molecule has 12 heteroatoms. The van der Waals surface area contributed by atoms with Crippen LogP contribution in [0.3, 0.4) is 0 Å². The first kappa shape index (κ1) is 27.6. The third-order valence-corrected chi connectivity index (χ3v) is 7.82. The van der Waals surface area contributed by atoms with Crippen molar-refractivity contribution in [1.29, 1.82) is 0 Å². The predicted molar refractivity (Wildman–Crippen MR) is 146 cm³/mol. The number of nitrogens with zero attached hydrogens (tertiary/aromatic N) is 3. The minimum atomic E-state index is -3.86. The standard InChI is InChI=1S/C28H28N4O7S/c1-36-28(11-13-37-14-12-28)21-15-22(17-30-16-21)38-18-24(32-33)27-31-25(19-5-3-2-4-6-19)26(39-27)20-7-9-23(10-8-20)40(29,34)35/h2-10,15-17,24H,11-14,18H2,1H3,(H2,29,34,35). The molecule has 40 heavy (non-hydrogen) atoms. The molecule has 0 aliphatic carbocycles. The molecule has 1 atom stereocenters. The van der Waals surface area contributed by atoms with E-state index in [1.807, 2.05) is 36.4 Å². The maximum Gasteiger partial charge on any atom is 0.238 e. The zero-order valence-corrected chi connectivity index (χ0v) is 22.5. The van der Waals surface area contributed by atoms with Crippen LogP contribution in [0, 0.1) is 4.91 Å². The van der Waals surface area contributed by atoms with E-state index in [1.54, 1.807) is 31.6 Å². The number of hydrogen-bond acceptors (Lipinski definition) is 10. The number of sulfonamides is 1. The summed E-state index contributed by atoms with van der Waals surface area (Å²) in [6.07, 6.45) is 4.67. The molecule has 3 heterocycles. The number of nitroso groups, excluding NO2 is 1. The highest BCUT2D eigenvalue weighted by molar-refractivity contribution is 7.89. The molecule has 1 aliphatic heterocycles. The Kier molecular flexibility index (Phi) is 8.03. The van der Waals surface area contributed by atoms with Crippen LogP contribution >= 0.6 is 0 Å². The highest BCUT2D eigenvalue weighted by Gasteiger charge is 2.35. The van der Waals surface area contributed by atoms with Gasteiger partial charge in [-0.15, -0.1) is 4.91 Å². The van der Waals surface area contributed by atoms with Crippen LogP contribution in [-0.4, -0.2) is 45.3 Å². The van der Waals surface area contributed by atoms with Crippen molar-refractivity contribution in [1.82, 2.24) is 9.97 Å². The lowest BCUT2D eigenvalue weighted by Gasteiger charge is -2.36. The Morgan fingerprint density at radius 1 is 1.05 bits per heavy atom. The monoisotopic (exact) mass is 564 g/mol. The molecule has 2 N–H and O–H groups in total. The Balaban J connectivity index is 1.42. The van der Waals surface area contributed by atoms with E-state index >= 15 is 0 Å². The van der Waals surface area contributed by atoms with E-state index < -0.39 is 21.7 Å². The number of aromatic nitrogens is 2. The number of primary sulfonamides is 1.